The summed E-state index contributed by atoms with van der Waals surface area (Å²) in [5, 5.41) is 0. The van der Waals surface area contributed by atoms with Crippen LogP contribution in [0.25, 0.3) is 0 Å². The minimum Gasteiger partial charge on any atom is -0.377 e. The van der Waals surface area contributed by atoms with E-state index in [2.05, 4.69) is 30.7 Å². The summed E-state index contributed by atoms with van der Waals surface area (Å²) in [7, 11) is -3.32. The molecule has 0 radical (unpaired) electrons. The number of hydrogen-bond acceptors (Lipinski definition) is 3. The lowest BCUT2D eigenvalue weighted by molar-refractivity contribution is 0.127. The van der Waals surface area contributed by atoms with Crippen LogP contribution >= 0.6 is 0 Å². The van der Waals surface area contributed by atoms with Gasteiger partial charge in [-0.2, -0.15) is 0 Å². The summed E-state index contributed by atoms with van der Waals surface area (Å²) in [4.78, 5) is 0. The van der Waals surface area contributed by atoms with Gasteiger partial charge in [0.2, 0.25) is 10.0 Å². The Hall–Kier alpha value is -0.910. The van der Waals surface area contributed by atoms with Crippen molar-refractivity contribution in [2.45, 2.75) is 57.1 Å². The number of hydrogen-bond donors (Lipinski definition) is 1. The van der Waals surface area contributed by atoms with Gasteiger partial charge in [-0.05, 0) is 42.2 Å². The van der Waals surface area contributed by atoms with Crippen LogP contribution in [0.15, 0.2) is 24.3 Å². The first-order chi connectivity index (χ1) is 10.4. The molecule has 2 unspecified atom stereocenters. The Balaban J connectivity index is 1.78. The van der Waals surface area contributed by atoms with Crippen molar-refractivity contribution in [3.63, 3.8) is 0 Å². The molecule has 1 aliphatic carbocycles. The van der Waals surface area contributed by atoms with Crippen LogP contribution in [0.4, 0.5) is 0 Å². The molecule has 22 heavy (non-hydrogen) atoms. The topological polar surface area (TPSA) is 55.4 Å². The number of sulfonamides is 1. The molecule has 0 amide bonds. The van der Waals surface area contributed by atoms with Crippen molar-refractivity contribution in [2.24, 2.45) is 0 Å². The van der Waals surface area contributed by atoms with E-state index in [1.165, 1.54) is 5.56 Å². The molecule has 1 aromatic rings. The first-order valence-corrected chi connectivity index (χ1v) is 9.74. The molecule has 1 N–H and O–H groups in total. The van der Waals surface area contributed by atoms with Gasteiger partial charge in [0.1, 0.15) is 0 Å². The van der Waals surface area contributed by atoms with Crippen LogP contribution in [0, 0.1) is 0 Å². The van der Waals surface area contributed by atoms with Crippen molar-refractivity contribution in [1.82, 2.24) is 4.72 Å². The van der Waals surface area contributed by atoms with Gasteiger partial charge in [0.25, 0.3) is 0 Å². The molecular formula is C17H25NO3S. The third-order valence-corrected chi connectivity index (χ3v) is 6.33. The molecule has 0 saturated carbocycles. The van der Waals surface area contributed by atoms with Crippen molar-refractivity contribution in [3.8, 4) is 0 Å². The van der Waals surface area contributed by atoms with Crippen LogP contribution in [0.5, 0.6) is 0 Å². The minimum absolute atomic E-state index is 0.0784. The molecule has 1 aromatic carbocycles. The summed E-state index contributed by atoms with van der Waals surface area (Å²) >= 11 is 0. The molecule has 1 fully saturated rings. The molecule has 0 spiro atoms. The van der Waals surface area contributed by atoms with E-state index < -0.39 is 10.0 Å². The van der Waals surface area contributed by atoms with Crippen molar-refractivity contribution >= 4 is 10.0 Å². The highest BCUT2D eigenvalue weighted by Crippen LogP contribution is 2.41. The summed E-state index contributed by atoms with van der Waals surface area (Å²) in [6.07, 6.45) is 3.48. The van der Waals surface area contributed by atoms with Crippen LogP contribution < -0.4 is 4.72 Å². The Morgan fingerprint density at radius 3 is 2.77 bits per heavy atom. The van der Waals surface area contributed by atoms with E-state index in [0.717, 1.165) is 31.2 Å². The average Bonchev–Trinajstić information content (AvgIpc) is 2.94. The van der Waals surface area contributed by atoms with Crippen molar-refractivity contribution in [1.29, 1.82) is 0 Å². The maximum atomic E-state index is 12.4. The number of nitrogens with one attached hydrogen (secondary N) is 1. The molecule has 0 bridgehead atoms. The van der Waals surface area contributed by atoms with Crippen LogP contribution in [0.3, 0.4) is 0 Å². The lowest BCUT2D eigenvalue weighted by Crippen LogP contribution is -2.38. The fraction of sp³-hybridized carbons (Fsp3) is 0.647. The van der Waals surface area contributed by atoms with Gasteiger partial charge in [0.15, 0.2) is 0 Å². The number of ether oxygens (including phenoxy) is 1. The Morgan fingerprint density at radius 2 is 2.05 bits per heavy atom. The zero-order valence-electron chi connectivity index (χ0n) is 13.3. The van der Waals surface area contributed by atoms with Crippen LogP contribution in [0.1, 0.15) is 56.7 Å². The fourth-order valence-electron chi connectivity index (χ4n) is 3.62. The van der Waals surface area contributed by atoms with Gasteiger partial charge in [-0.3, -0.25) is 0 Å². The van der Waals surface area contributed by atoms with Crippen molar-refractivity contribution in [3.05, 3.63) is 35.4 Å². The first kappa shape index (κ1) is 16.0. The molecule has 0 aromatic heterocycles. The SMILES string of the molecule is CC1(C)CCC(NS(=O)(=O)CC2CCCO2)c2ccccc21. The first-order valence-electron chi connectivity index (χ1n) is 8.08. The molecular weight excluding hydrogens is 298 g/mol. The van der Waals surface area contributed by atoms with Crippen LogP contribution in [0.2, 0.25) is 0 Å². The zero-order chi connectivity index (χ0) is 15.8. The smallest absolute Gasteiger partial charge is 0.214 e. The van der Waals surface area contributed by atoms with E-state index in [-0.39, 0.29) is 23.3 Å². The van der Waals surface area contributed by atoms with Crippen LogP contribution in [-0.4, -0.2) is 26.9 Å². The maximum absolute atomic E-state index is 12.4. The Bertz CT molecular complexity index is 633. The summed E-state index contributed by atoms with van der Waals surface area (Å²) in [5.74, 6) is 0.0784. The predicted molar refractivity (Wildman–Crippen MR) is 87.3 cm³/mol. The van der Waals surface area contributed by atoms with Gasteiger partial charge < -0.3 is 4.74 Å². The van der Waals surface area contributed by atoms with Gasteiger partial charge in [-0.25, -0.2) is 13.1 Å². The largest absolute Gasteiger partial charge is 0.377 e. The van der Waals surface area contributed by atoms with Gasteiger partial charge >= 0.3 is 0 Å². The Morgan fingerprint density at radius 1 is 1.27 bits per heavy atom. The average molecular weight is 323 g/mol. The monoisotopic (exact) mass is 323 g/mol. The summed E-state index contributed by atoms with van der Waals surface area (Å²) in [6, 6.07) is 8.08. The molecule has 2 aliphatic rings. The molecule has 1 saturated heterocycles. The lowest BCUT2D eigenvalue weighted by Gasteiger charge is -2.37. The molecule has 4 nitrogen and oxygen atoms in total. The summed E-state index contributed by atoms with van der Waals surface area (Å²) in [6.45, 7) is 5.13. The lowest BCUT2D eigenvalue weighted by atomic mass is 9.71. The molecule has 122 valence electrons. The van der Waals surface area contributed by atoms with Gasteiger partial charge in [-0.15, -0.1) is 0 Å². The normalized spacial score (nSPS) is 27.5. The third-order valence-electron chi connectivity index (χ3n) is 4.87. The molecule has 2 atom stereocenters. The number of benzene rings is 1. The second kappa shape index (κ2) is 5.95. The Labute approximate surface area is 133 Å². The highest BCUT2D eigenvalue weighted by atomic mass is 32.2. The van der Waals surface area contributed by atoms with E-state index >= 15 is 0 Å². The van der Waals surface area contributed by atoms with Crippen molar-refractivity contribution in [2.75, 3.05) is 12.4 Å². The van der Waals surface area contributed by atoms with Gasteiger partial charge in [-0.1, -0.05) is 38.1 Å². The molecule has 1 aliphatic heterocycles. The fourth-order valence-corrected chi connectivity index (χ4v) is 5.15. The van der Waals surface area contributed by atoms with E-state index in [0.29, 0.717) is 6.61 Å². The maximum Gasteiger partial charge on any atom is 0.214 e. The summed E-state index contributed by atoms with van der Waals surface area (Å²) < 4.78 is 33.2. The van der Waals surface area contributed by atoms with Crippen LogP contribution in [-0.2, 0) is 20.2 Å². The second-order valence-electron chi connectivity index (χ2n) is 7.10. The molecule has 5 heteroatoms. The summed E-state index contributed by atoms with van der Waals surface area (Å²) in [5.41, 5.74) is 2.48. The highest BCUT2D eigenvalue weighted by Gasteiger charge is 2.34. The van der Waals surface area contributed by atoms with E-state index in [1.807, 2.05) is 12.1 Å². The zero-order valence-corrected chi connectivity index (χ0v) is 14.2. The molecule has 3 rings (SSSR count). The van der Waals surface area contributed by atoms with E-state index in [1.54, 1.807) is 0 Å². The van der Waals surface area contributed by atoms with Gasteiger partial charge in [0, 0.05) is 12.6 Å². The highest BCUT2D eigenvalue weighted by molar-refractivity contribution is 7.89. The second-order valence-corrected chi connectivity index (χ2v) is 8.90. The third kappa shape index (κ3) is 3.36. The number of fused-ring (bicyclic) bond motifs is 1. The van der Waals surface area contributed by atoms with E-state index in [4.69, 9.17) is 4.74 Å². The minimum atomic E-state index is -3.32. The number of rotatable bonds is 4. The quantitative estimate of drug-likeness (QED) is 0.927. The van der Waals surface area contributed by atoms with Crippen molar-refractivity contribution < 1.29 is 13.2 Å². The Kier molecular flexibility index (Phi) is 4.32. The van der Waals surface area contributed by atoms with E-state index in [9.17, 15) is 8.42 Å². The predicted octanol–water partition coefficient (Wildman–Crippen LogP) is 2.90. The van der Waals surface area contributed by atoms with Gasteiger partial charge in [0.05, 0.1) is 11.9 Å². The standard InChI is InChI=1S/C17H25NO3S/c1-17(2)10-9-16(14-7-3-4-8-15(14)17)18-22(19,20)12-13-6-5-11-21-13/h3-4,7-8,13,16,18H,5-6,9-12H2,1-2H3. The molecule has 1 heterocycles.